The molecule has 0 heterocycles. The molecular formula is C18H23FN2. The molecule has 0 aliphatic heterocycles. The molecule has 2 nitrogen and oxygen atoms in total. The number of nitrogens with one attached hydrogen (secondary N) is 1. The lowest BCUT2D eigenvalue weighted by Gasteiger charge is -2.26. The first kappa shape index (κ1) is 15.7. The molecule has 0 saturated carbocycles. The molecular weight excluding hydrogens is 263 g/mol. The van der Waals surface area contributed by atoms with E-state index in [4.69, 9.17) is 0 Å². The van der Waals surface area contributed by atoms with Crippen LogP contribution in [-0.2, 0) is 0 Å². The van der Waals surface area contributed by atoms with Crippen LogP contribution < -0.4 is 5.32 Å². The first-order valence-corrected chi connectivity index (χ1v) is 7.27. The van der Waals surface area contributed by atoms with Gasteiger partial charge in [-0.25, -0.2) is 4.39 Å². The van der Waals surface area contributed by atoms with E-state index in [1.54, 1.807) is 0 Å². The number of hydrogen-bond acceptors (Lipinski definition) is 2. The molecule has 0 aliphatic rings. The van der Waals surface area contributed by atoms with Crippen LogP contribution in [0.1, 0.15) is 30.1 Å². The van der Waals surface area contributed by atoms with Gasteiger partial charge in [0, 0.05) is 18.6 Å². The van der Waals surface area contributed by atoms with Gasteiger partial charge in [-0.1, -0.05) is 42.5 Å². The molecule has 0 spiro atoms. The number of benzene rings is 2. The molecule has 2 aromatic carbocycles. The molecule has 2 atom stereocenters. The first-order valence-electron chi connectivity index (χ1n) is 7.27. The van der Waals surface area contributed by atoms with E-state index in [0.717, 1.165) is 12.1 Å². The summed E-state index contributed by atoms with van der Waals surface area (Å²) in [4.78, 5) is 2.17. The van der Waals surface area contributed by atoms with Gasteiger partial charge < -0.3 is 10.2 Å². The van der Waals surface area contributed by atoms with Gasteiger partial charge in [-0.2, -0.15) is 0 Å². The maximum absolute atomic E-state index is 13.0. The SMILES string of the molecule is CC(NC(CN(C)C)c1ccccc1)c1ccc(F)cc1. The molecule has 2 unspecified atom stereocenters. The summed E-state index contributed by atoms with van der Waals surface area (Å²) in [6.07, 6.45) is 0. The molecule has 0 bridgehead atoms. The minimum absolute atomic E-state index is 0.163. The van der Waals surface area contributed by atoms with Crippen molar-refractivity contribution >= 4 is 0 Å². The average molecular weight is 286 g/mol. The van der Waals surface area contributed by atoms with Crippen molar-refractivity contribution < 1.29 is 4.39 Å². The second kappa shape index (κ2) is 7.34. The standard InChI is InChI=1S/C18H23FN2/c1-14(15-9-11-17(19)12-10-15)20-18(13-21(2)3)16-7-5-4-6-8-16/h4-12,14,18,20H,13H2,1-3H3. The Labute approximate surface area is 126 Å². The predicted molar refractivity (Wildman–Crippen MR) is 85.7 cm³/mol. The summed E-state index contributed by atoms with van der Waals surface area (Å²) in [5.41, 5.74) is 2.36. The van der Waals surface area contributed by atoms with Crippen LogP contribution in [-0.4, -0.2) is 25.5 Å². The lowest BCUT2D eigenvalue weighted by atomic mass is 10.0. The van der Waals surface area contributed by atoms with Gasteiger partial charge in [-0.3, -0.25) is 0 Å². The summed E-state index contributed by atoms with van der Waals surface area (Å²) in [6, 6.07) is 17.5. The Hall–Kier alpha value is -1.71. The Morgan fingerprint density at radius 3 is 2.14 bits per heavy atom. The van der Waals surface area contributed by atoms with E-state index in [1.165, 1.54) is 17.7 Å². The summed E-state index contributed by atoms with van der Waals surface area (Å²) >= 11 is 0. The molecule has 0 aromatic heterocycles. The Bertz CT molecular complexity index is 537. The van der Waals surface area contributed by atoms with Gasteiger partial charge in [0.25, 0.3) is 0 Å². The van der Waals surface area contributed by atoms with E-state index in [2.05, 4.69) is 55.5 Å². The minimum Gasteiger partial charge on any atom is -0.308 e. The van der Waals surface area contributed by atoms with Crippen molar-refractivity contribution in [2.24, 2.45) is 0 Å². The lowest BCUT2D eigenvalue weighted by molar-refractivity contribution is 0.325. The molecule has 2 rings (SSSR count). The molecule has 0 fully saturated rings. The van der Waals surface area contributed by atoms with Crippen LogP contribution in [0.4, 0.5) is 4.39 Å². The highest BCUT2D eigenvalue weighted by Crippen LogP contribution is 2.20. The molecule has 3 heteroatoms. The van der Waals surface area contributed by atoms with E-state index in [-0.39, 0.29) is 17.9 Å². The van der Waals surface area contributed by atoms with E-state index in [9.17, 15) is 4.39 Å². The van der Waals surface area contributed by atoms with Crippen molar-refractivity contribution in [2.75, 3.05) is 20.6 Å². The van der Waals surface area contributed by atoms with Gasteiger partial charge in [-0.15, -0.1) is 0 Å². The highest BCUT2D eigenvalue weighted by molar-refractivity contribution is 5.23. The van der Waals surface area contributed by atoms with Gasteiger partial charge in [0.15, 0.2) is 0 Å². The smallest absolute Gasteiger partial charge is 0.123 e. The fourth-order valence-electron chi connectivity index (χ4n) is 2.45. The Morgan fingerprint density at radius 1 is 0.952 bits per heavy atom. The molecule has 2 aromatic rings. The molecule has 0 amide bonds. The number of halogens is 1. The van der Waals surface area contributed by atoms with Crippen molar-refractivity contribution in [1.82, 2.24) is 10.2 Å². The zero-order chi connectivity index (χ0) is 15.2. The predicted octanol–water partition coefficient (Wildman–Crippen LogP) is 3.78. The largest absolute Gasteiger partial charge is 0.308 e. The fraction of sp³-hybridized carbons (Fsp3) is 0.333. The van der Waals surface area contributed by atoms with Gasteiger partial charge in [0.05, 0.1) is 0 Å². The topological polar surface area (TPSA) is 15.3 Å². The zero-order valence-corrected chi connectivity index (χ0v) is 12.9. The third-order valence-electron chi connectivity index (χ3n) is 3.57. The van der Waals surface area contributed by atoms with E-state index >= 15 is 0 Å². The number of rotatable bonds is 6. The van der Waals surface area contributed by atoms with Gasteiger partial charge in [0.1, 0.15) is 5.82 Å². The van der Waals surface area contributed by atoms with Crippen molar-refractivity contribution in [3.8, 4) is 0 Å². The van der Waals surface area contributed by atoms with Crippen LogP contribution in [0.3, 0.4) is 0 Å². The Morgan fingerprint density at radius 2 is 1.57 bits per heavy atom. The summed E-state index contributed by atoms with van der Waals surface area (Å²) in [7, 11) is 4.14. The number of nitrogens with zero attached hydrogens (tertiary/aromatic N) is 1. The molecule has 0 saturated heterocycles. The first-order chi connectivity index (χ1) is 10.1. The third-order valence-corrected chi connectivity index (χ3v) is 3.57. The van der Waals surface area contributed by atoms with Crippen LogP contribution in [0.2, 0.25) is 0 Å². The zero-order valence-electron chi connectivity index (χ0n) is 12.9. The summed E-state index contributed by atoms with van der Waals surface area (Å²) in [5, 5.41) is 3.64. The van der Waals surface area contributed by atoms with Crippen molar-refractivity contribution in [2.45, 2.75) is 19.0 Å². The monoisotopic (exact) mass is 286 g/mol. The van der Waals surface area contributed by atoms with Crippen molar-refractivity contribution in [3.05, 3.63) is 71.5 Å². The van der Waals surface area contributed by atoms with Gasteiger partial charge in [-0.05, 0) is 44.3 Å². The van der Waals surface area contributed by atoms with Gasteiger partial charge in [0.2, 0.25) is 0 Å². The summed E-state index contributed by atoms with van der Waals surface area (Å²) < 4.78 is 13.0. The molecule has 21 heavy (non-hydrogen) atoms. The number of likely N-dealkylation sites (N-methyl/N-ethyl adjacent to an activating group) is 1. The van der Waals surface area contributed by atoms with Crippen molar-refractivity contribution in [1.29, 1.82) is 0 Å². The van der Waals surface area contributed by atoms with Crippen LogP contribution in [0.25, 0.3) is 0 Å². The second-order valence-corrected chi connectivity index (χ2v) is 5.67. The van der Waals surface area contributed by atoms with E-state index in [0.29, 0.717) is 0 Å². The maximum atomic E-state index is 13.0. The van der Waals surface area contributed by atoms with E-state index < -0.39 is 0 Å². The van der Waals surface area contributed by atoms with E-state index in [1.807, 2.05) is 18.2 Å². The normalized spacial score (nSPS) is 14.1. The molecule has 0 aliphatic carbocycles. The van der Waals surface area contributed by atoms with Gasteiger partial charge >= 0.3 is 0 Å². The average Bonchev–Trinajstić information content (AvgIpc) is 2.47. The summed E-state index contributed by atoms with van der Waals surface area (Å²) in [6.45, 7) is 3.02. The molecule has 0 radical (unpaired) electrons. The lowest BCUT2D eigenvalue weighted by Crippen LogP contribution is -2.32. The fourth-order valence-corrected chi connectivity index (χ4v) is 2.45. The minimum atomic E-state index is -0.196. The Kier molecular flexibility index (Phi) is 5.48. The number of hydrogen-bond donors (Lipinski definition) is 1. The van der Waals surface area contributed by atoms with Crippen molar-refractivity contribution in [3.63, 3.8) is 0 Å². The van der Waals surface area contributed by atoms with Crippen LogP contribution >= 0.6 is 0 Å². The van der Waals surface area contributed by atoms with Crippen LogP contribution in [0.5, 0.6) is 0 Å². The molecule has 112 valence electrons. The quantitative estimate of drug-likeness (QED) is 0.869. The third kappa shape index (κ3) is 4.66. The van der Waals surface area contributed by atoms with Crippen LogP contribution in [0, 0.1) is 5.82 Å². The Balaban J connectivity index is 2.13. The maximum Gasteiger partial charge on any atom is 0.123 e. The highest BCUT2D eigenvalue weighted by Gasteiger charge is 2.16. The second-order valence-electron chi connectivity index (χ2n) is 5.67. The molecule has 1 N–H and O–H groups in total. The highest BCUT2D eigenvalue weighted by atomic mass is 19.1. The summed E-state index contributed by atoms with van der Waals surface area (Å²) in [5.74, 6) is -0.196. The van der Waals surface area contributed by atoms with Crippen LogP contribution in [0.15, 0.2) is 54.6 Å².